The van der Waals surface area contributed by atoms with Crippen LogP contribution in [0.4, 0.5) is 0 Å². The van der Waals surface area contributed by atoms with E-state index in [-0.39, 0.29) is 5.91 Å². The van der Waals surface area contributed by atoms with Crippen LogP contribution in [0.2, 0.25) is 0 Å². The van der Waals surface area contributed by atoms with Crippen LogP contribution in [-0.2, 0) is 4.79 Å². The second-order valence-electron chi connectivity index (χ2n) is 3.47. The fraction of sp³-hybridized carbons (Fsp3) is 0.308. The van der Waals surface area contributed by atoms with Crippen molar-refractivity contribution < 1.29 is 14.3 Å². The number of rotatable bonds is 6. The predicted octanol–water partition coefficient (Wildman–Crippen LogP) is 1.76. The Morgan fingerprint density at radius 2 is 2.24 bits per heavy atom. The second kappa shape index (κ2) is 6.58. The van der Waals surface area contributed by atoms with E-state index in [0.717, 1.165) is 0 Å². The van der Waals surface area contributed by atoms with Gasteiger partial charge in [0.2, 0.25) is 0 Å². The second-order valence-corrected chi connectivity index (χ2v) is 3.47. The summed E-state index contributed by atoms with van der Waals surface area (Å²) in [7, 11) is 1.58. The Kier molecular flexibility index (Phi) is 5.07. The molecule has 1 N–H and O–H groups in total. The monoisotopic (exact) mass is 235 g/mol. The van der Waals surface area contributed by atoms with Gasteiger partial charge in [-0.05, 0) is 19.1 Å². The van der Waals surface area contributed by atoms with Crippen molar-refractivity contribution in [2.75, 3.05) is 13.7 Å². The molecule has 0 spiro atoms. The van der Waals surface area contributed by atoms with Gasteiger partial charge in [0, 0.05) is 12.6 Å². The molecule has 0 aliphatic carbocycles. The van der Waals surface area contributed by atoms with E-state index in [0.29, 0.717) is 18.0 Å². The molecule has 0 aromatic heterocycles. The van der Waals surface area contributed by atoms with E-state index >= 15 is 0 Å². The topological polar surface area (TPSA) is 47.6 Å². The molecule has 4 nitrogen and oxygen atoms in total. The fourth-order valence-electron chi connectivity index (χ4n) is 1.25. The van der Waals surface area contributed by atoms with Crippen LogP contribution < -0.4 is 14.8 Å². The van der Waals surface area contributed by atoms with Crippen molar-refractivity contribution >= 4 is 5.91 Å². The molecule has 17 heavy (non-hydrogen) atoms. The maximum Gasteiger partial charge on any atom is 0.261 e. The van der Waals surface area contributed by atoms with Crippen LogP contribution in [0.3, 0.4) is 0 Å². The first-order chi connectivity index (χ1) is 8.17. The molecule has 1 atom stereocenters. The average molecular weight is 235 g/mol. The third kappa shape index (κ3) is 4.18. The Hall–Kier alpha value is -1.97. The van der Waals surface area contributed by atoms with Crippen molar-refractivity contribution in [2.45, 2.75) is 13.0 Å². The zero-order valence-corrected chi connectivity index (χ0v) is 10.1. The number of carbonyl (C=O) groups is 1. The molecule has 0 bridgehead atoms. The SMILES string of the molecule is C=CCNC(=O)[C@H](C)Oc1cccc(OC)c1. The van der Waals surface area contributed by atoms with Gasteiger partial charge in [0.25, 0.3) is 5.91 Å². The minimum atomic E-state index is -0.554. The standard InChI is InChI=1S/C13H17NO3/c1-4-8-14-13(15)10(2)17-12-7-5-6-11(9-12)16-3/h4-7,9-10H,1,8H2,2-3H3,(H,14,15)/t10-/m0/s1. The van der Waals surface area contributed by atoms with E-state index in [1.165, 1.54) is 0 Å². The molecule has 1 rings (SSSR count). The third-order valence-corrected chi connectivity index (χ3v) is 2.14. The van der Waals surface area contributed by atoms with E-state index in [9.17, 15) is 4.79 Å². The predicted molar refractivity (Wildman–Crippen MR) is 66.3 cm³/mol. The largest absolute Gasteiger partial charge is 0.497 e. The molecule has 1 aromatic carbocycles. The molecule has 0 unspecified atom stereocenters. The summed E-state index contributed by atoms with van der Waals surface area (Å²) < 4.78 is 10.6. The number of methoxy groups -OCH3 is 1. The molecular weight excluding hydrogens is 218 g/mol. The summed E-state index contributed by atoms with van der Waals surface area (Å²) in [4.78, 5) is 11.5. The summed E-state index contributed by atoms with van der Waals surface area (Å²) in [5, 5.41) is 2.67. The van der Waals surface area contributed by atoms with Gasteiger partial charge in [-0.2, -0.15) is 0 Å². The van der Waals surface area contributed by atoms with Gasteiger partial charge in [-0.25, -0.2) is 0 Å². The number of nitrogens with one attached hydrogen (secondary N) is 1. The first-order valence-corrected chi connectivity index (χ1v) is 5.36. The highest BCUT2D eigenvalue weighted by molar-refractivity contribution is 5.80. The van der Waals surface area contributed by atoms with Crippen molar-refractivity contribution in [2.24, 2.45) is 0 Å². The fourth-order valence-corrected chi connectivity index (χ4v) is 1.25. The van der Waals surface area contributed by atoms with Gasteiger partial charge in [-0.1, -0.05) is 12.1 Å². The van der Waals surface area contributed by atoms with Crippen molar-refractivity contribution in [3.8, 4) is 11.5 Å². The van der Waals surface area contributed by atoms with Gasteiger partial charge in [0.1, 0.15) is 11.5 Å². The highest BCUT2D eigenvalue weighted by atomic mass is 16.5. The van der Waals surface area contributed by atoms with Gasteiger partial charge in [-0.15, -0.1) is 6.58 Å². The molecule has 4 heteroatoms. The van der Waals surface area contributed by atoms with Gasteiger partial charge >= 0.3 is 0 Å². The van der Waals surface area contributed by atoms with Crippen molar-refractivity contribution in [3.63, 3.8) is 0 Å². The smallest absolute Gasteiger partial charge is 0.261 e. The van der Waals surface area contributed by atoms with Crippen molar-refractivity contribution in [1.29, 1.82) is 0 Å². The molecule has 0 fully saturated rings. The summed E-state index contributed by atoms with van der Waals surface area (Å²) in [5.74, 6) is 1.12. The maximum atomic E-state index is 11.5. The molecule has 1 amide bonds. The number of ether oxygens (including phenoxy) is 2. The van der Waals surface area contributed by atoms with Gasteiger partial charge in [0.15, 0.2) is 6.10 Å². The molecule has 0 heterocycles. The zero-order valence-electron chi connectivity index (χ0n) is 10.1. The van der Waals surface area contributed by atoms with Crippen LogP contribution in [-0.4, -0.2) is 25.7 Å². The number of benzene rings is 1. The number of hydrogen-bond acceptors (Lipinski definition) is 3. The molecule has 0 aliphatic heterocycles. The summed E-state index contributed by atoms with van der Waals surface area (Å²) in [6.45, 7) is 5.65. The Morgan fingerprint density at radius 1 is 1.53 bits per heavy atom. The van der Waals surface area contributed by atoms with Crippen LogP contribution in [0.25, 0.3) is 0 Å². The van der Waals surface area contributed by atoms with E-state index in [1.54, 1.807) is 32.2 Å². The molecular formula is C13H17NO3. The van der Waals surface area contributed by atoms with Crippen LogP contribution in [0.15, 0.2) is 36.9 Å². The maximum absolute atomic E-state index is 11.5. The number of hydrogen-bond donors (Lipinski definition) is 1. The van der Waals surface area contributed by atoms with Crippen LogP contribution >= 0.6 is 0 Å². The van der Waals surface area contributed by atoms with Crippen molar-refractivity contribution in [3.05, 3.63) is 36.9 Å². The minimum Gasteiger partial charge on any atom is -0.497 e. The number of amides is 1. The molecule has 0 saturated heterocycles. The lowest BCUT2D eigenvalue weighted by Crippen LogP contribution is -2.36. The summed E-state index contributed by atoms with van der Waals surface area (Å²) in [6.07, 6.45) is 1.07. The highest BCUT2D eigenvalue weighted by Crippen LogP contribution is 2.19. The highest BCUT2D eigenvalue weighted by Gasteiger charge is 2.13. The first-order valence-electron chi connectivity index (χ1n) is 5.36. The van der Waals surface area contributed by atoms with Crippen LogP contribution in [0.5, 0.6) is 11.5 Å². The summed E-state index contributed by atoms with van der Waals surface area (Å²) in [6, 6.07) is 7.13. The zero-order chi connectivity index (χ0) is 12.7. The van der Waals surface area contributed by atoms with Crippen LogP contribution in [0, 0.1) is 0 Å². The Labute approximate surface area is 101 Å². The first kappa shape index (κ1) is 13.1. The van der Waals surface area contributed by atoms with Gasteiger partial charge < -0.3 is 14.8 Å². The Morgan fingerprint density at radius 3 is 2.88 bits per heavy atom. The lowest BCUT2D eigenvalue weighted by molar-refractivity contribution is -0.127. The van der Waals surface area contributed by atoms with Crippen LogP contribution in [0.1, 0.15) is 6.92 Å². The van der Waals surface area contributed by atoms with E-state index in [4.69, 9.17) is 9.47 Å². The molecule has 0 aliphatic rings. The van der Waals surface area contributed by atoms with Crippen molar-refractivity contribution in [1.82, 2.24) is 5.32 Å². The molecule has 0 saturated carbocycles. The summed E-state index contributed by atoms with van der Waals surface area (Å²) in [5.41, 5.74) is 0. The lowest BCUT2D eigenvalue weighted by Gasteiger charge is -2.14. The minimum absolute atomic E-state index is 0.173. The Bertz CT molecular complexity index is 390. The quantitative estimate of drug-likeness (QED) is 0.764. The van der Waals surface area contributed by atoms with E-state index < -0.39 is 6.10 Å². The lowest BCUT2D eigenvalue weighted by atomic mass is 10.3. The third-order valence-electron chi connectivity index (χ3n) is 2.14. The molecule has 1 aromatic rings. The number of carbonyl (C=O) groups excluding carboxylic acids is 1. The Balaban J connectivity index is 2.57. The van der Waals surface area contributed by atoms with E-state index in [1.807, 2.05) is 12.1 Å². The molecule has 0 radical (unpaired) electrons. The molecule has 92 valence electrons. The van der Waals surface area contributed by atoms with E-state index in [2.05, 4.69) is 11.9 Å². The van der Waals surface area contributed by atoms with Gasteiger partial charge in [0.05, 0.1) is 7.11 Å². The van der Waals surface area contributed by atoms with Gasteiger partial charge in [-0.3, -0.25) is 4.79 Å². The average Bonchev–Trinajstić information content (AvgIpc) is 2.36. The normalized spacial score (nSPS) is 11.4. The summed E-state index contributed by atoms with van der Waals surface area (Å²) >= 11 is 0.